The highest BCUT2D eigenvalue weighted by atomic mass is 35.5. The zero-order valence-electron chi connectivity index (χ0n) is 10.4. The van der Waals surface area contributed by atoms with Crippen molar-refractivity contribution in [1.82, 2.24) is 0 Å². The summed E-state index contributed by atoms with van der Waals surface area (Å²) >= 11 is 11.6. The van der Waals surface area contributed by atoms with E-state index in [0.29, 0.717) is 16.5 Å². The van der Waals surface area contributed by atoms with Gasteiger partial charge in [0.25, 0.3) is 5.91 Å². The van der Waals surface area contributed by atoms with Crippen LogP contribution in [0.5, 0.6) is 5.75 Å². The lowest BCUT2D eigenvalue weighted by molar-refractivity contribution is 0.102. The third kappa shape index (κ3) is 3.21. The van der Waals surface area contributed by atoms with Gasteiger partial charge < -0.3 is 10.1 Å². The van der Waals surface area contributed by atoms with Gasteiger partial charge in [0.05, 0.1) is 18.4 Å². The fraction of sp³-hybridized carbons (Fsp3) is 0.0714. The summed E-state index contributed by atoms with van der Waals surface area (Å²) in [6, 6.07) is 8.49. The van der Waals surface area contributed by atoms with Crippen molar-refractivity contribution in [2.75, 3.05) is 12.4 Å². The summed E-state index contributed by atoms with van der Waals surface area (Å²) < 4.78 is 18.7. The van der Waals surface area contributed by atoms with E-state index in [-0.39, 0.29) is 10.6 Å². The lowest BCUT2D eigenvalue weighted by Crippen LogP contribution is -2.14. The number of rotatable bonds is 3. The van der Waals surface area contributed by atoms with Crippen LogP contribution in [0.4, 0.5) is 10.1 Å². The minimum Gasteiger partial charge on any atom is -0.495 e. The van der Waals surface area contributed by atoms with Gasteiger partial charge in [0.1, 0.15) is 11.6 Å². The maximum atomic E-state index is 13.6. The number of carbonyl (C=O) groups excluding carboxylic acids is 1. The standard InChI is InChI=1S/C14H10Cl2FNO2/c1-20-13-5-3-9(16)7-12(13)18-14(19)10-6-8(15)2-4-11(10)17/h2-7H,1H3,(H,18,19). The summed E-state index contributed by atoms with van der Waals surface area (Å²) in [4.78, 5) is 12.1. The van der Waals surface area contributed by atoms with Crippen LogP contribution in [0.1, 0.15) is 10.4 Å². The average Bonchev–Trinajstić information content (AvgIpc) is 2.41. The molecule has 0 heterocycles. The Morgan fingerprint density at radius 1 is 1.15 bits per heavy atom. The van der Waals surface area contributed by atoms with Crippen molar-refractivity contribution in [3.05, 3.63) is 57.8 Å². The fourth-order valence-corrected chi connectivity index (χ4v) is 1.98. The zero-order valence-corrected chi connectivity index (χ0v) is 11.9. The van der Waals surface area contributed by atoms with Gasteiger partial charge in [-0.3, -0.25) is 4.79 Å². The van der Waals surface area contributed by atoms with E-state index in [0.717, 1.165) is 6.07 Å². The van der Waals surface area contributed by atoms with Gasteiger partial charge in [-0.2, -0.15) is 0 Å². The van der Waals surface area contributed by atoms with Gasteiger partial charge in [-0.15, -0.1) is 0 Å². The van der Waals surface area contributed by atoms with Crippen molar-refractivity contribution in [3.8, 4) is 5.75 Å². The molecule has 0 saturated heterocycles. The number of ether oxygens (including phenoxy) is 1. The fourth-order valence-electron chi connectivity index (χ4n) is 1.64. The first-order valence-electron chi connectivity index (χ1n) is 5.61. The van der Waals surface area contributed by atoms with E-state index < -0.39 is 11.7 Å². The third-order valence-corrected chi connectivity index (χ3v) is 3.05. The molecule has 2 rings (SSSR count). The first-order chi connectivity index (χ1) is 9.51. The highest BCUT2D eigenvalue weighted by Crippen LogP contribution is 2.28. The van der Waals surface area contributed by atoms with E-state index in [9.17, 15) is 9.18 Å². The van der Waals surface area contributed by atoms with Crippen molar-refractivity contribution in [2.24, 2.45) is 0 Å². The molecule has 104 valence electrons. The number of hydrogen-bond acceptors (Lipinski definition) is 2. The molecule has 0 bridgehead atoms. The second-order valence-electron chi connectivity index (χ2n) is 3.92. The molecule has 2 aromatic carbocycles. The number of halogens is 3. The van der Waals surface area contributed by atoms with Gasteiger partial charge >= 0.3 is 0 Å². The lowest BCUT2D eigenvalue weighted by atomic mass is 10.2. The van der Waals surface area contributed by atoms with E-state index in [4.69, 9.17) is 27.9 Å². The molecule has 2 aromatic rings. The highest BCUT2D eigenvalue weighted by molar-refractivity contribution is 6.31. The molecule has 0 saturated carbocycles. The molecule has 6 heteroatoms. The normalized spacial score (nSPS) is 10.2. The Labute approximate surface area is 125 Å². The van der Waals surface area contributed by atoms with Crippen LogP contribution < -0.4 is 10.1 Å². The van der Waals surface area contributed by atoms with Crippen molar-refractivity contribution < 1.29 is 13.9 Å². The van der Waals surface area contributed by atoms with Gasteiger partial charge in [0.15, 0.2) is 0 Å². The molecule has 0 atom stereocenters. The molecule has 0 aromatic heterocycles. The number of nitrogens with one attached hydrogen (secondary N) is 1. The van der Waals surface area contributed by atoms with Gasteiger partial charge in [-0.25, -0.2) is 4.39 Å². The average molecular weight is 314 g/mol. The summed E-state index contributed by atoms with van der Waals surface area (Å²) in [6.45, 7) is 0. The molecule has 1 N–H and O–H groups in total. The van der Waals surface area contributed by atoms with E-state index in [1.807, 2.05) is 0 Å². The van der Waals surface area contributed by atoms with Gasteiger partial charge in [-0.05, 0) is 36.4 Å². The monoisotopic (exact) mass is 313 g/mol. The number of anilines is 1. The molecule has 20 heavy (non-hydrogen) atoms. The minimum absolute atomic E-state index is 0.153. The Balaban J connectivity index is 2.32. The van der Waals surface area contributed by atoms with Gasteiger partial charge in [-0.1, -0.05) is 23.2 Å². The third-order valence-electron chi connectivity index (χ3n) is 2.58. The molecular weight excluding hydrogens is 304 g/mol. The minimum atomic E-state index is -0.659. The molecule has 0 spiro atoms. The van der Waals surface area contributed by atoms with Crippen LogP contribution in [0.3, 0.4) is 0 Å². The van der Waals surface area contributed by atoms with Crippen molar-refractivity contribution in [1.29, 1.82) is 0 Å². The van der Waals surface area contributed by atoms with Gasteiger partial charge in [0, 0.05) is 10.0 Å². The van der Waals surface area contributed by atoms with Crippen LogP contribution in [0.2, 0.25) is 10.0 Å². The molecular formula is C14H10Cl2FNO2. The topological polar surface area (TPSA) is 38.3 Å². The molecule has 0 fully saturated rings. The summed E-state index contributed by atoms with van der Waals surface area (Å²) in [5.74, 6) is -0.872. The summed E-state index contributed by atoms with van der Waals surface area (Å²) in [7, 11) is 1.46. The summed E-state index contributed by atoms with van der Waals surface area (Å²) in [6.07, 6.45) is 0. The SMILES string of the molecule is COc1ccc(Cl)cc1NC(=O)c1cc(Cl)ccc1F. The quantitative estimate of drug-likeness (QED) is 0.912. The van der Waals surface area contributed by atoms with Crippen LogP contribution >= 0.6 is 23.2 Å². The molecule has 0 aliphatic rings. The highest BCUT2D eigenvalue weighted by Gasteiger charge is 2.14. The lowest BCUT2D eigenvalue weighted by Gasteiger charge is -2.11. The predicted molar refractivity (Wildman–Crippen MR) is 77.4 cm³/mol. The van der Waals surface area contributed by atoms with E-state index >= 15 is 0 Å². The van der Waals surface area contributed by atoms with Crippen LogP contribution in [0.25, 0.3) is 0 Å². The Morgan fingerprint density at radius 2 is 1.80 bits per heavy atom. The molecule has 0 aliphatic carbocycles. The smallest absolute Gasteiger partial charge is 0.258 e. The first kappa shape index (κ1) is 14.6. The second kappa shape index (κ2) is 6.11. The van der Waals surface area contributed by atoms with Crippen LogP contribution in [-0.4, -0.2) is 13.0 Å². The van der Waals surface area contributed by atoms with Crippen molar-refractivity contribution in [2.45, 2.75) is 0 Å². The van der Waals surface area contributed by atoms with Crippen LogP contribution in [-0.2, 0) is 0 Å². The first-order valence-corrected chi connectivity index (χ1v) is 6.37. The van der Waals surface area contributed by atoms with E-state index in [1.165, 1.54) is 25.3 Å². The van der Waals surface area contributed by atoms with Crippen LogP contribution in [0.15, 0.2) is 36.4 Å². The largest absolute Gasteiger partial charge is 0.495 e. The number of methoxy groups -OCH3 is 1. The summed E-state index contributed by atoms with van der Waals surface area (Å²) in [5.41, 5.74) is 0.198. The van der Waals surface area contributed by atoms with Gasteiger partial charge in [0.2, 0.25) is 0 Å². The van der Waals surface area contributed by atoms with Crippen molar-refractivity contribution in [3.63, 3.8) is 0 Å². The van der Waals surface area contributed by atoms with E-state index in [1.54, 1.807) is 12.1 Å². The molecule has 0 aliphatic heterocycles. The number of benzene rings is 2. The molecule has 1 amide bonds. The summed E-state index contributed by atoms with van der Waals surface area (Å²) in [5, 5.41) is 3.24. The maximum Gasteiger partial charge on any atom is 0.258 e. The number of amides is 1. The Bertz CT molecular complexity index is 662. The number of hydrogen-bond donors (Lipinski definition) is 1. The van der Waals surface area contributed by atoms with Crippen LogP contribution in [0, 0.1) is 5.82 Å². The number of carbonyl (C=O) groups is 1. The van der Waals surface area contributed by atoms with Crippen molar-refractivity contribution >= 4 is 34.8 Å². The Hall–Kier alpha value is -1.78. The maximum absolute atomic E-state index is 13.6. The molecule has 0 radical (unpaired) electrons. The van der Waals surface area contributed by atoms with E-state index in [2.05, 4.69) is 5.32 Å². The zero-order chi connectivity index (χ0) is 14.7. The molecule has 0 unspecified atom stereocenters. The second-order valence-corrected chi connectivity index (χ2v) is 4.80. The Kier molecular flexibility index (Phi) is 4.47. The Morgan fingerprint density at radius 3 is 2.50 bits per heavy atom. The molecule has 3 nitrogen and oxygen atoms in total. The predicted octanol–water partition coefficient (Wildman–Crippen LogP) is 4.39.